The van der Waals surface area contributed by atoms with Gasteiger partial charge in [0.05, 0.1) is 12.0 Å². The molecule has 1 aromatic rings. The van der Waals surface area contributed by atoms with Gasteiger partial charge in [-0.3, -0.25) is 4.79 Å². The average molecular weight is 261 g/mol. The van der Waals surface area contributed by atoms with Crippen LogP contribution in [0.2, 0.25) is 0 Å². The van der Waals surface area contributed by atoms with E-state index < -0.39 is 5.97 Å². The summed E-state index contributed by atoms with van der Waals surface area (Å²) in [5, 5.41) is 11.9. The molecule has 0 aromatic heterocycles. The summed E-state index contributed by atoms with van der Waals surface area (Å²) in [6, 6.07) is 6.46. The summed E-state index contributed by atoms with van der Waals surface area (Å²) in [7, 11) is 0. The molecular weight excluding hydrogens is 242 g/mol. The van der Waals surface area contributed by atoms with Crippen molar-refractivity contribution >= 4 is 11.9 Å². The lowest BCUT2D eigenvalue weighted by atomic mass is 9.75. The van der Waals surface area contributed by atoms with Gasteiger partial charge in [0.1, 0.15) is 0 Å². The van der Waals surface area contributed by atoms with Gasteiger partial charge in [0.25, 0.3) is 0 Å². The van der Waals surface area contributed by atoms with Gasteiger partial charge < -0.3 is 10.4 Å². The first-order chi connectivity index (χ1) is 9.04. The molecule has 0 aliphatic heterocycles. The molecule has 0 heterocycles. The van der Waals surface area contributed by atoms with Gasteiger partial charge in [-0.15, -0.1) is 0 Å². The minimum atomic E-state index is -0.949. The lowest BCUT2D eigenvalue weighted by Crippen LogP contribution is -2.53. The Kier molecular flexibility index (Phi) is 3.88. The second-order valence-electron chi connectivity index (χ2n) is 5.21. The molecule has 2 N–H and O–H groups in total. The molecule has 0 bridgehead atoms. The van der Waals surface area contributed by atoms with Crippen LogP contribution in [0.1, 0.15) is 48.5 Å². The lowest BCUT2D eigenvalue weighted by molar-refractivity contribution is -0.123. The second-order valence-corrected chi connectivity index (χ2v) is 5.21. The third-order valence-corrected chi connectivity index (χ3v) is 3.96. The number of benzene rings is 1. The van der Waals surface area contributed by atoms with E-state index >= 15 is 0 Å². The number of carbonyl (C=O) groups excluding carboxylic acids is 1. The predicted octanol–water partition coefficient (Wildman–Crippen LogP) is 2.38. The van der Waals surface area contributed by atoms with Crippen molar-refractivity contribution in [2.45, 2.75) is 44.6 Å². The average Bonchev–Trinajstić information content (AvgIpc) is 2.34. The first-order valence-electron chi connectivity index (χ1n) is 6.68. The molecule has 0 spiro atoms. The zero-order valence-electron chi connectivity index (χ0n) is 11.1. The van der Waals surface area contributed by atoms with Crippen molar-refractivity contribution < 1.29 is 14.7 Å². The van der Waals surface area contributed by atoms with E-state index in [9.17, 15) is 9.59 Å². The fourth-order valence-electron chi connectivity index (χ4n) is 2.46. The van der Waals surface area contributed by atoms with Crippen molar-refractivity contribution in [3.05, 3.63) is 35.4 Å². The molecule has 0 unspecified atom stereocenters. The number of aromatic carboxylic acids is 1. The summed E-state index contributed by atoms with van der Waals surface area (Å²) in [4.78, 5) is 22.7. The van der Waals surface area contributed by atoms with E-state index in [4.69, 9.17) is 5.11 Å². The fourth-order valence-corrected chi connectivity index (χ4v) is 2.46. The number of hydrogen-bond donors (Lipinski definition) is 2. The summed E-state index contributed by atoms with van der Waals surface area (Å²) in [6.07, 6.45) is 4.58. The summed E-state index contributed by atoms with van der Waals surface area (Å²) in [5.41, 5.74) is 1.10. The molecule has 1 aliphatic rings. The Morgan fingerprint density at radius 1 is 1.26 bits per heavy atom. The van der Waals surface area contributed by atoms with E-state index in [1.165, 1.54) is 18.6 Å². The largest absolute Gasteiger partial charge is 0.478 e. The van der Waals surface area contributed by atoms with Gasteiger partial charge in [0.15, 0.2) is 0 Å². The highest BCUT2D eigenvalue weighted by Gasteiger charge is 2.36. The highest BCUT2D eigenvalue weighted by Crippen LogP contribution is 2.34. The van der Waals surface area contributed by atoms with Gasteiger partial charge >= 0.3 is 5.97 Å². The normalized spacial score (nSPS) is 16.5. The van der Waals surface area contributed by atoms with Crippen LogP contribution in [0.3, 0.4) is 0 Å². The Morgan fingerprint density at radius 2 is 1.89 bits per heavy atom. The second kappa shape index (κ2) is 5.43. The van der Waals surface area contributed by atoms with Crippen molar-refractivity contribution in [2.24, 2.45) is 0 Å². The van der Waals surface area contributed by atoms with Crippen LogP contribution in [-0.2, 0) is 11.2 Å². The molecule has 102 valence electrons. The zero-order valence-corrected chi connectivity index (χ0v) is 11.1. The van der Waals surface area contributed by atoms with Crippen LogP contribution in [0.25, 0.3) is 0 Å². The molecule has 0 atom stereocenters. The summed E-state index contributed by atoms with van der Waals surface area (Å²) in [5.74, 6) is -0.931. The van der Waals surface area contributed by atoms with E-state index in [1.54, 1.807) is 12.1 Å². The van der Waals surface area contributed by atoms with Crippen LogP contribution < -0.4 is 5.32 Å². The Morgan fingerprint density at radius 3 is 2.32 bits per heavy atom. The van der Waals surface area contributed by atoms with Gasteiger partial charge in [-0.2, -0.15) is 0 Å². The monoisotopic (exact) mass is 261 g/mol. The minimum Gasteiger partial charge on any atom is -0.478 e. The molecule has 0 radical (unpaired) electrons. The predicted molar refractivity (Wildman–Crippen MR) is 72.1 cm³/mol. The van der Waals surface area contributed by atoms with Crippen molar-refractivity contribution in [1.82, 2.24) is 5.32 Å². The molecule has 0 saturated heterocycles. The standard InChI is InChI=1S/C15H19NO3/c1-2-15(8-3-9-15)16-13(17)10-11-4-6-12(7-5-11)14(18)19/h4-7H,2-3,8-10H2,1H3,(H,16,17)(H,18,19). The molecule has 2 rings (SSSR count). The Hall–Kier alpha value is -1.84. The maximum Gasteiger partial charge on any atom is 0.335 e. The van der Waals surface area contributed by atoms with E-state index in [2.05, 4.69) is 12.2 Å². The maximum absolute atomic E-state index is 12.0. The Labute approximate surface area is 112 Å². The van der Waals surface area contributed by atoms with Gasteiger partial charge in [-0.1, -0.05) is 19.1 Å². The topological polar surface area (TPSA) is 66.4 Å². The van der Waals surface area contributed by atoms with E-state index in [-0.39, 0.29) is 17.0 Å². The molecule has 4 nitrogen and oxygen atoms in total. The molecule has 1 aliphatic carbocycles. The lowest BCUT2D eigenvalue weighted by Gasteiger charge is -2.42. The number of amides is 1. The van der Waals surface area contributed by atoms with Gasteiger partial charge in [-0.05, 0) is 43.4 Å². The van der Waals surface area contributed by atoms with Crippen LogP contribution in [0, 0.1) is 0 Å². The van der Waals surface area contributed by atoms with Crippen molar-refractivity contribution in [3.63, 3.8) is 0 Å². The number of nitrogens with one attached hydrogen (secondary N) is 1. The summed E-state index contributed by atoms with van der Waals surface area (Å²) < 4.78 is 0. The highest BCUT2D eigenvalue weighted by atomic mass is 16.4. The summed E-state index contributed by atoms with van der Waals surface area (Å²) in [6.45, 7) is 2.10. The molecule has 4 heteroatoms. The fraction of sp³-hybridized carbons (Fsp3) is 0.467. The third kappa shape index (κ3) is 3.13. The van der Waals surface area contributed by atoms with Gasteiger partial charge in [-0.25, -0.2) is 4.79 Å². The van der Waals surface area contributed by atoms with Gasteiger partial charge in [0.2, 0.25) is 5.91 Å². The number of carboxylic acid groups (broad SMARTS) is 1. The number of carboxylic acids is 1. The molecule has 19 heavy (non-hydrogen) atoms. The van der Waals surface area contributed by atoms with Crippen LogP contribution >= 0.6 is 0 Å². The summed E-state index contributed by atoms with van der Waals surface area (Å²) >= 11 is 0. The molecule has 1 amide bonds. The van der Waals surface area contributed by atoms with Crippen LogP contribution in [0.5, 0.6) is 0 Å². The number of hydrogen-bond acceptors (Lipinski definition) is 2. The van der Waals surface area contributed by atoms with Crippen LogP contribution in [-0.4, -0.2) is 22.5 Å². The van der Waals surface area contributed by atoms with Crippen molar-refractivity contribution in [2.75, 3.05) is 0 Å². The van der Waals surface area contributed by atoms with E-state index in [0.717, 1.165) is 24.8 Å². The third-order valence-electron chi connectivity index (χ3n) is 3.96. The minimum absolute atomic E-state index is 0.0120. The SMILES string of the molecule is CCC1(NC(=O)Cc2ccc(C(=O)O)cc2)CCC1. The smallest absolute Gasteiger partial charge is 0.335 e. The highest BCUT2D eigenvalue weighted by molar-refractivity contribution is 5.87. The van der Waals surface area contributed by atoms with Crippen molar-refractivity contribution in [3.8, 4) is 0 Å². The zero-order chi connectivity index (χ0) is 13.9. The number of rotatable bonds is 5. The van der Waals surface area contributed by atoms with E-state index in [0.29, 0.717) is 6.42 Å². The molecule has 1 aromatic carbocycles. The maximum atomic E-state index is 12.0. The van der Waals surface area contributed by atoms with Crippen LogP contribution in [0.15, 0.2) is 24.3 Å². The van der Waals surface area contributed by atoms with Crippen molar-refractivity contribution in [1.29, 1.82) is 0 Å². The van der Waals surface area contributed by atoms with Gasteiger partial charge in [0, 0.05) is 5.54 Å². The first-order valence-corrected chi connectivity index (χ1v) is 6.68. The first kappa shape index (κ1) is 13.6. The molecular formula is C15H19NO3. The Balaban J connectivity index is 1.93. The van der Waals surface area contributed by atoms with E-state index in [1.807, 2.05) is 0 Å². The number of carbonyl (C=O) groups is 2. The van der Waals surface area contributed by atoms with Crippen LogP contribution in [0.4, 0.5) is 0 Å². The molecule has 1 fully saturated rings. The Bertz CT molecular complexity index is 469. The quantitative estimate of drug-likeness (QED) is 0.855. The molecule has 1 saturated carbocycles.